The number of methoxy groups -OCH3 is 1. The second kappa shape index (κ2) is 7.25. The molecular formula is C17H22N4O2S. The van der Waals surface area contributed by atoms with Gasteiger partial charge in [-0.3, -0.25) is 4.79 Å². The third kappa shape index (κ3) is 3.72. The zero-order chi connectivity index (χ0) is 17.1. The third-order valence-corrected chi connectivity index (χ3v) is 5.17. The molecule has 24 heavy (non-hydrogen) atoms. The van der Waals surface area contributed by atoms with Crippen LogP contribution >= 0.6 is 11.8 Å². The molecule has 1 amide bonds. The molecule has 3 rings (SSSR count). The van der Waals surface area contributed by atoms with Gasteiger partial charge >= 0.3 is 0 Å². The summed E-state index contributed by atoms with van der Waals surface area (Å²) in [5.74, 6) is 2.80. The zero-order valence-corrected chi connectivity index (χ0v) is 15.0. The minimum Gasteiger partial charge on any atom is -0.496 e. The van der Waals surface area contributed by atoms with Crippen LogP contribution in [0.4, 0.5) is 0 Å². The van der Waals surface area contributed by atoms with Crippen LogP contribution in [-0.4, -0.2) is 45.5 Å². The standard InChI is InChI=1S/C17H22N4O2S/c1-20(10-13-6-4-5-7-14(13)23-3)15(22)11-24-17-19-18-16(21(17)2)12-8-9-12/h4-7,12H,8-11H2,1-3H3. The number of hydrogen-bond acceptors (Lipinski definition) is 5. The summed E-state index contributed by atoms with van der Waals surface area (Å²) in [5.41, 5.74) is 0.996. The molecule has 1 fully saturated rings. The van der Waals surface area contributed by atoms with Crippen molar-refractivity contribution in [3.05, 3.63) is 35.7 Å². The molecule has 6 nitrogen and oxygen atoms in total. The van der Waals surface area contributed by atoms with Crippen molar-refractivity contribution in [2.45, 2.75) is 30.5 Å². The van der Waals surface area contributed by atoms with Gasteiger partial charge < -0.3 is 14.2 Å². The van der Waals surface area contributed by atoms with Gasteiger partial charge in [0.2, 0.25) is 5.91 Å². The molecule has 1 heterocycles. The highest BCUT2D eigenvalue weighted by Crippen LogP contribution is 2.39. The first kappa shape index (κ1) is 16.8. The van der Waals surface area contributed by atoms with Gasteiger partial charge in [-0.15, -0.1) is 10.2 Å². The van der Waals surface area contributed by atoms with Crippen molar-refractivity contribution in [1.29, 1.82) is 0 Å². The SMILES string of the molecule is COc1ccccc1CN(C)C(=O)CSc1nnc(C2CC2)n1C. The molecule has 128 valence electrons. The first-order valence-electron chi connectivity index (χ1n) is 7.98. The van der Waals surface area contributed by atoms with Gasteiger partial charge in [0.05, 0.1) is 12.9 Å². The lowest BCUT2D eigenvalue weighted by atomic mass is 10.2. The van der Waals surface area contributed by atoms with Crippen LogP contribution in [0.5, 0.6) is 5.75 Å². The summed E-state index contributed by atoms with van der Waals surface area (Å²) < 4.78 is 7.35. The van der Waals surface area contributed by atoms with Crippen molar-refractivity contribution in [3.8, 4) is 5.75 Å². The molecule has 7 heteroatoms. The number of hydrogen-bond donors (Lipinski definition) is 0. The Labute approximate surface area is 146 Å². The second-order valence-electron chi connectivity index (χ2n) is 6.02. The fourth-order valence-electron chi connectivity index (χ4n) is 2.56. The molecule has 1 aromatic heterocycles. The normalized spacial score (nSPS) is 13.8. The summed E-state index contributed by atoms with van der Waals surface area (Å²) in [4.78, 5) is 14.1. The van der Waals surface area contributed by atoms with Gasteiger partial charge in [0.15, 0.2) is 5.16 Å². The molecule has 1 aliphatic rings. The lowest BCUT2D eigenvalue weighted by Crippen LogP contribution is -2.28. The Hall–Kier alpha value is -2.02. The Balaban J connectivity index is 1.56. The van der Waals surface area contributed by atoms with Crippen LogP contribution < -0.4 is 4.74 Å². The Morgan fingerprint density at radius 1 is 1.38 bits per heavy atom. The number of ether oxygens (including phenoxy) is 1. The smallest absolute Gasteiger partial charge is 0.233 e. The van der Waals surface area contributed by atoms with Crippen molar-refractivity contribution in [1.82, 2.24) is 19.7 Å². The van der Waals surface area contributed by atoms with E-state index in [0.29, 0.717) is 18.2 Å². The van der Waals surface area contributed by atoms with Crippen molar-refractivity contribution in [2.24, 2.45) is 7.05 Å². The Bertz CT molecular complexity index is 727. The van der Waals surface area contributed by atoms with Crippen LogP contribution in [0.25, 0.3) is 0 Å². The predicted molar refractivity (Wildman–Crippen MR) is 93.2 cm³/mol. The lowest BCUT2D eigenvalue weighted by molar-refractivity contribution is -0.127. The van der Waals surface area contributed by atoms with E-state index in [0.717, 1.165) is 22.3 Å². The number of carbonyl (C=O) groups excluding carboxylic acids is 1. The summed E-state index contributed by atoms with van der Waals surface area (Å²) in [5, 5.41) is 9.25. The van der Waals surface area contributed by atoms with Gasteiger partial charge in [-0.25, -0.2) is 0 Å². The maximum atomic E-state index is 12.4. The molecule has 0 bridgehead atoms. The van der Waals surface area contributed by atoms with E-state index in [1.54, 1.807) is 12.0 Å². The highest BCUT2D eigenvalue weighted by molar-refractivity contribution is 7.99. The van der Waals surface area contributed by atoms with Crippen molar-refractivity contribution in [2.75, 3.05) is 19.9 Å². The second-order valence-corrected chi connectivity index (χ2v) is 6.97. The Kier molecular flexibility index (Phi) is 5.08. The minimum atomic E-state index is 0.0573. The molecule has 0 spiro atoms. The molecular weight excluding hydrogens is 324 g/mol. The third-order valence-electron chi connectivity index (χ3n) is 4.16. The fourth-order valence-corrected chi connectivity index (χ4v) is 3.42. The van der Waals surface area contributed by atoms with Gasteiger partial charge in [-0.05, 0) is 18.9 Å². The van der Waals surface area contributed by atoms with Crippen LogP contribution in [0.15, 0.2) is 29.4 Å². The van der Waals surface area contributed by atoms with Crippen LogP contribution in [0.1, 0.15) is 30.1 Å². The number of carbonyl (C=O) groups is 1. The Morgan fingerprint density at radius 3 is 2.83 bits per heavy atom. The average Bonchev–Trinajstić information content (AvgIpc) is 3.36. The predicted octanol–water partition coefficient (Wildman–Crippen LogP) is 2.45. The van der Waals surface area contributed by atoms with Crippen molar-refractivity contribution < 1.29 is 9.53 Å². The van der Waals surface area contributed by atoms with E-state index >= 15 is 0 Å². The van der Waals surface area contributed by atoms with Gasteiger partial charge in [0.1, 0.15) is 11.6 Å². The van der Waals surface area contributed by atoms with Gasteiger partial charge in [0.25, 0.3) is 0 Å². The topological polar surface area (TPSA) is 60.2 Å². The minimum absolute atomic E-state index is 0.0573. The highest BCUT2D eigenvalue weighted by Gasteiger charge is 2.29. The van der Waals surface area contributed by atoms with E-state index in [1.165, 1.54) is 24.6 Å². The summed E-state index contributed by atoms with van der Waals surface area (Å²) in [6.45, 7) is 0.523. The molecule has 1 aromatic carbocycles. The number of thioether (sulfide) groups is 1. The number of para-hydroxylation sites is 1. The van der Waals surface area contributed by atoms with Crippen molar-refractivity contribution in [3.63, 3.8) is 0 Å². The quantitative estimate of drug-likeness (QED) is 0.721. The zero-order valence-electron chi connectivity index (χ0n) is 14.2. The Morgan fingerprint density at radius 2 is 2.12 bits per heavy atom. The molecule has 0 unspecified atom stereocenters. The molecule has 0 radical (unpaired) electrons. The van der Waals surface area contributed by atoms with E-state index in [4.69, 9.17) is 4.74 Å². The maximum absolute atomic E-state index is 12.4. The first-order valence-corrected chi connectivity index (χ1v) is 8.96. The molecule has 2 aromatic rings. The summed E-state index contributed by atoms with van der Waals surface area (Å²) in [6.07, 6.45) is 2.38. The van der Waals surface area contributed by atoms with Gasteiger partial charge in [-0.2, -0.15) is 0 Å². The summed E-state index contributed by atoms with van der Waals surface area (Å²) in [7, 11) is 5.42. The maximum Gasteiger partial charge on any atom is 0.233 e. The van der Waals surface area contributed by atoms with E-state index in [9.17, 15) is 4.79 Å². The monoisotopic (exact) mass is 346 g/mol. The van der Waals surface area contributed by atoms with E-state index in [2.05, 4.69) is 10.2 Å². The van der Waals surface area contributed by atoms with E-state index in [-0.39, 0.29) is 5.91 Å². The average molecular weight is 346 g/mol. The lowest BCUT2D eigenvalue weighted by Gasteiger charge is -2.18. The largest absolute Gasteiger partial charge is 0.496 e. The van der Waals surface area contributed by atoms with Crippen LogP contribution in [0.2, 0.25) is 0 Å². The number of benzene rings is 1. The number of amides is 1. The first-order chi connectivity index (χ1) is 11.6. The van der Waals surface area contributed by atoms with Crippen LogP contribution in [-0.2, 0) is 18.4 Å². The summed E-state index contributed by atoms with van der Waals surface area (Å²) in [6, 6.07) is 7.75. The number of nitrogens with zero attached hydrogens (tertiary/aromatic N) is 4. The molecule has 0 N–H and O–H groups in total. The molecule has 0 saturated heterocycles. The number of aromatic nitrogens is 3. The van der Waals surface area contributed by atoms with Crippen molar-refractivity contribution >= 4 is 17.7 Å². The van der Waals surface area contributed by atoms with Gasteiger partial charge in [0, 0.05) is 32.1 Å². The summed E-state index contributed by atoms with van der Waals surface area (Å²) >= 11 is 1.44. The number of rotatable bonds is 7. The molecule has 1 saturated carbocycles. The molecule has 0 atom stereocenters. The fraction of sp³-hybridized carbons (Fsp3) is 0.471. The van der Waals surface area contributed by atoms with Gasteiger partial charge in [-0.1, -0.05) is 30.0 Å². The molecule has 1 aliphatic carbocycles. The van der Waals surface area contributed by atoms with Crippen LogP contribution in [0, 0.1) is 0 Å². The highest BCUT2D eigenvalue weighted by atomic mass is 32.2. The van der Waals surface area contributed by atoms with E-state index in [1.807, 2.05) is 42.9 Å². The van der Waals surface area contributed by atoms with E-state index < -0.39 is 0 Å². The molecule has 0 aliphatic heterocycles. The van der Waals surface area contributed by atoms with Crippen LogP contribution in [0.3, 0.4) is 0 Å².